The van der Waals surface area contributed by atoms with E-state index in [1.165, 1.54) is 12.4 Å². The van der Waals surface area contributed by atoms with Crippen molar-refractivity contribution in [3.8, 4) is 0 Å². The van der Waals surface area contributed by atoms with Crippen LogP contribution < -0.4 is 16.6 Å². The van der Waals surface area contributed by atoms with Crippen LogP contribution in [0.25, 0.3) is 0 Å². The summed E-state index contributed by atoms with van der Waals surface area (Å²) in [6.07, 6.45) is -2.19. The summed E-state index contributed by atoms with van der Waals surface area (Å²) >= 11 is 4.92. The van der Waals surface area contributed by atoms with E-state index >= 15 is 0 Å². The van der Waals surface area contributed by atoms with Gasteiger partial charge in [0.05, 0.1) is 13.0 Å². The standard InChI is InChI=1S/C19H20FN5O2S.C2HF3O2/c1-11-4-12(18(22)28)7-24-17(11)15(26)6-14-5-13(2-3-23-14)19(9-20)10-27-8-16(21)25-19;3-2(4,5)1(6)7/h2-5,7H,6,8-10H2,1H3,(H2,21,25)(H2,22,28);(H,6,7)/p-1. The van der Waals surface area contributed by atoms with Crippen LogP contribution in [0.15, 0.2) is 35.6 Å². The number of pyridine rings is 2. The van der Waals surface area contributed by atoms with Gasteiger partial charge in [0.2, 0.25) is 0 Å². The van der Waals surface area contributed by atoms with Gasteiger partial charge in [-0.05, 0) is 36.2 Å². The summed E-state index contributed by atoms with van der Waals surface area (Å²) in [6, 6.07) is 5.03. The predicted molar refractivity (Wildman–Crippen MR) is 118 cm³/mol. The van der Waals surface area contributed by atoms with Gasteiger partial charge in [-0.3, -0.25) is 19.8 Å². The molecule has 1 unspecified atom stereocenters. The number of aryl methyl sites for hydroxylation is 1. The molecule has 1 atom stereocenters. The van der Waals surface area contributed by atoms with E-state index in [1.807, 2.05) is 0 Å². The number of ketones is 1. The highest BCUT2D eigenvalue weighted by atomic mass is 32.1. The number of nitrogens with zero attached hydrogens (tertiary/aromatic N) is 3. The number of hydrogen-bond donors (Lipinski definition) is 2. The minimum atomic E-state index is -5.19. The van der Waals surface area contributed by atoms with E-state index in [-0.39, 0.29) is 36.2 Å². The van der Waals surface area contributed by atoms with Crippen molar-refractivity contribution in [2.75, 3.05) is 19.9 Å². The number of carbonyl (C=O) groups excluding carboxylic acids is 2. The highest BCUT2D eigenvalue weighted by molar-refractivity contribution is 7.80. The molecule has 14 heteroatoms. The Kier molecular flexibility index (Phi) is 8.93. The van der Waals surface area contributed by atoms with E-state index in [2.05, 4.69) is 15.0 Å². The van der Waals surface area contributed by atoms with E-state index in [9.17, 15) is 22.4 Å². The fourth-order valence-corrected chi connectivity index (χ4v) is 3.18. The molecule has 0 aliphatic carbocycles. The summed E-state index contributed by atoms with van der Waals surface area (Å²) in [5.74, 6) is -2.99. The number of hydrogen-bond acceptors (Lipinski definition) is 9. The van der Waals surface area contributed by atoms with Gasteiger partial charge in [-0.1, -0.05) is 12.2 Å². The van der Waals surface area contributed by atoms with Gasteiger partial charge in [-0.2, -0.15) is 13.2 Å². The largest absolute Gasteiger partial charge is 0.542 e. The number of ether oxygens (including phenoxy) is 1. The molecule has 1 aliphatic rings. The molecular weight excluding hydrogens is 494 g/mol. The number of aromatic nitrogens is 2. The van der Waals surface area contributed by atoms with E-state index in [1.54, 1.807) is 25.1 Å². The van der Waals surface area contributed by atoms with Gasteiger partial charge in [-0.15, -0.1) is 0 Å². The maximum absolute atomic E-state index is 13.8. The summed E-state index contributed by atoms with van der Waals surface area (Å²) in [7, 11) is 0. The van der Waals surface area contributed by atoms with Crippen molar-refractivity contribution in [2.45, 2.75) is 25.1 Å². The molecule has 3 rings (SSSR count). The van der Waals surface area contributed by atoms with Crippen molar-refractivity contribution < 1.29 is 37.0 Å². The first-order chi connectivity index (χ1) is 16.3. The van der Waals surface area contributed by atoms with Crippen LogP contribution in [0.2, 0.25) is 0 Å². The van der Waals surface area contributed by atoms with E-state index in [4.69, 9.17) is 38.3 Å². The normalized spacial score (nSPS) is 17.6. The number of carboxylic acids is 1. The van der Waals surface area contributed by atoms with Gasteiger partial charge in [0.1, 0.15) is 41.3 Å². The number of rotatable bonds is 6. The van der Waals surface area contributed by atoms with Gasteiger partial charge in [-0.25, -0.2) is 4.39 Å². The molecule has 0 bridgehead atoms. The number of Topliss-reactive ketones (excluding diaryl/α,β-unsaturated/α-hetero) is 1. The molecule has 188 valence electrons. The summed E-state index contributed by atoms with van der Waals surface area (Å²) in [6.45, 7) is 1.24. The molecule has 0 fully saturated rings. The monoisotopic (exact) mass is 514 g/mol. The molecule has 35 heavy (non-hydrogen) atoms. The number of amidine groups is 1. The van der Waals surface area contributed by atoms with Crippen molar-refractivity contribution >= 4 is 34.8 Å². The van der Waals surface area contributed by atoms with Crippen LogP contribution in [-0.2, 0) is 21.5 Å². The first-order valence-corrected chi connectivity index (χ1v) is 10.2. The first kappa shape index (κ1) is 27.7. The second-order valence-electron chi connectivity index (χ2n) is 7.44. The number of aliphatic imine (C=N–C) groups is 1. The zero-order valence-corrected chi connectivity index (χ0v) is 19.1. The molecular formula is C21H20F4N5O4S-. The van der Waals surface area contributed by atoms with Crippen LogP contribution in [0.4, 0.5) is 17.6 Å². The molecule has 3 heterocycles. The molecule has 0 spiro atoms. The maximum Gasteiger partial charge on any atom is 0.430 e. The second-order valence-corrected chi connectivity index (χ2v) is 7.88. The lowest BCUT2D eigenvalue weighted by atomic mass is 9.91. The highest BCUT2D eigenvalue weighted by Gasteiger charge is 2.36. The number of aliphatic carboxylic acids is 1. The zero-order chi connectivity index (χ0) is 26.4. The third kappa shape index (κ3) is 7.23. The molecule has 2 aromatic heterocycles. The van der Waals surface area contributed by atoms with Gasteiger partial charge in [0.15, 0.2) is 5.78 Å². The minimum Gasteiger partial charge on any atom is -0.542 e. The lowest BCUT2D eigenvalue weighted by molar-refractivity contribution is -0.344. The summed E-state index contributed by atoms with van der Waals surface area (Å²) in [5.41, 5.74) is 12.7. The lowest BCUT2D eigenvalue weighted by Crippen LogP contribution is -2.41. The van der Waals surface area contributed by atoms with Crippen LogP contribution in [-0.4, -0.2) is 58.6 Å². The quantitative estimate of drug-likeness (QED) is 0.322. The number of carbonyl (C=O) groups is 2. The first-order valence-electron chi connectivity index (χ1n) is 9.80. The Morgan fingerprint density at radius 2 is 1.94 bits per heavy atom. The third-order valence-corrected chi connectivity index (χ3v) is 4.96. The maximum atomic E-state index is 13.8. The molecule has 0 saturated heterocycles. The summed E-state index contributed by atoms with van der Waals surface area (Å²) in [4.78, 5) is 34.4. The van der Waals surface area contributed by atoms with Gasteiger partial charge < -0.3 is 26.1 Å². The fraction of sp³-hybridized carbons (Fsp3) is 0.333. The Morgan fingerprint density at radius 1 is 1.29 bits per heavy atom. The molecule has 2 aromatic rings. The SMILES string of the molecule is Cc1cc(C(N)=S)cnc1C(=O)Cc1cc(C2(CF)COCC(N)=N2)ccn1.O=C([O-])C(F)(F)F. The van der Waals surface area contributed by atoms with Crippen LogP contribution in [0.3, 0.4) is 0 Å². The smallest absolute Gasteiger partial charge is 0.430 e. The molecule has 0 aromatic carbocycles. The number of carboxylic acid groups (broad SMARTS) is 1. The van der Waals surface area contributed by atoms with Crippen LogP contribution >= 0.6 is 12.2 Å². The van der Waals surface area contributed by atoms with E-state index < -0.39 is 24.4 Å². The predicted octanol–water partition coefficient (Wildman–Crippen LogP) is 0.695. The summed E-state index contributed by atoms with van der Waals surface area (Å²) in [5, 5.41) is 8.78. The Morgan fingerprint density at radius 3 is 2.46 bits per heavy atom. The van der Waals surface area contributed by atoms with Crippen LogP contribution in [0.1, 0.15) is 32.9 Å². The molecule has 1 aliphatic heterocycles. The van der Waals surface area contributed by atoms with Crippen molar-refractivity contribution in [3.05, 3.63) is 58.7 Å². The molecule has 0 amide bonds. The van der Waals surface area contributed by atoms with E-state index in [0.29, 0.717) is 28.1 Å². The number of alkyl halides is 4. The number of thiocarbonyl (C=S) groups is 1. The molecule has 9 nitrogen and oxygen atoms in total. The molecule has 4 N–H and O–H groups in total. The average Bonchev–Trinajstić information content (AvgIpc) is 2.78. The average molecular weight is 514 g/mol. The van der Waals surface area contributed by atoms with Crippen molar-refractivity contribution in [2.24, 2.45) is 16.5 Å². The lowest BCUT2D eigenvalue weighted by Gasteiger charge is -2.31. The Hall–Kier alpha value is -3.52. The second kappa shape index (κ2) is 11.3. The van der Waals surface area contributed by atoms with Gasteiger partial charge >= 0.3 is 6.18 Å². The minimum absolute atomic E-state index is 0.0104. The van der Waals surface area contributed by atoms with Crippen LogP contribution in [0.5, 0.6) is 0 Å². The van der Waals surface area contributed by atoms with Crippen LogP contribution in [0, 0.1) is 6.92 Å². The number of halogens is 4. The Balaban J connectivity index is 0.000000540. The Labute approximate surface area is 202 Å². The van der Waals surface area contributed by atoms with Crippen molar-refractivity contribution in [1.82, 2.24) is 9.97 Å². The Bertz CT molecular complexity index is 1160. The molecule has 0 radical (unpaired) electrons. The fourth-order valence-electron chi connectivity index (χ4n) is 3.07. The van der Waals surface area contributed by atoms with Gasteiger partial charge in [0.25, 0.3) is 0 Å². The van der Waals surface area contributed by atoms with E-state index in [0.717, 1.165) is 0 Å². The summed E-state index contributed by atoms with van der Waals surface area (Å²) < 4.78 is 50.8. The number of nitrogens with two attached hydrogens (primary N) is 2. The third-order valence-electron chi connectivity index (χ3n) is 4.72. The highest BCUT2D eigenvalue weighted by Crippen LogP contribution is 2.30. The van der Waals surface area contributed by atoms with Crippen molar-refractivity contribution in [3.63, 3.8) is 0 Å². The molecule has 0 saturated carbocycles. The van der Waals surface area contributed by atoms with Gasteiger partial charge in [0, 0.05) is 23.7 Å². The topological polar surface area (TPSA) is 157 Å². The van der Waals surface area contributed by atoms with Crippen molar-refractivity contribution in [1.29, 1.82) is 0 Å². The zero-order valence-electron chi connectivity index (χ0n) is 18.3.